The Morgan fingerprint density at radius 1 is 1.44 bits per heavy atom. The third kappa shape index (κ3) is 3.13. The zero-order valence-electron chi connectivity index (χ0n) is 8.72. The van der Waals surface area contributed by atoms with Crippen molar-refractivity contribution in [3.63, 3.8) is 0 Å². The topological polar surface area (TPSA) is 112 Å². The van der Waals surface area contributed by atoms with Crippen molar-refractivity contribution >= 4 is 10.0 Å². The van der Waals surface area contributed by atoms with Crippen LogP contribution in [0.4, 0.5) is 13.2 Å². The second-order valence-electron chi connectivity index (χ2n) is 2.90. The number of rotatable bonds is 3. The first kappa shape index (κ1) is 14.3. The molecule has 0 aliphatic carbocycles. The van der Waals surface area contributed by atoms with Crippen LogP contribution in [-0.2, 0) is 10.0 Å². The van der Waals surface area contributed by atoms with Crippen LogP contribution in [-0.4, -0.2) is 32.0 Å². The van der Waals surface area contributed by atoms with E-state index in [9.17, 15) is 26.7 Å². The van der Waals surface area contributed by atoms with Gasteiger partial charge in [-0.3, -0.25) is 0 Å². The van der Waals surface area contributed by atoms with Gasteiger partial charge in [0.25, 0.3) is 0 Å². The van der Waals surface area contributed by atoms with E-state index in [0.717, 1.165) is 7.11 Å². The highest BCUT2D eigenvalue weighted by Crippen LogP contribution is 2.39. The van der Waals surface area contributed by atoms with Gasteiger partial charge in [-0.2, -0.15) is 0 Å². The number of aromatic hydroxyl groups is 1. The summed E-state index contributed by atoms with van der Waals surface area (Å²) in [6, 6.07) is 0. The van der Waals surface area contributed by atoms with Crippen molar-refractivity contribution < 1.29 is 36.2 Å². The van der Waals surface area contributed by atoms with Crippen LogP contribution in [0.5, 0.6) is 17.4 Å². The molecule has 102 valence electrons. The van der Waals surface area contributed by atoms with Gasteiger partial charge in [0.15, 0.2) is 16.4 Å². The first-order valence-corrected chi connectivity index (χ1v) is 5.65. The van der Waals surface area contributed by atoms with Gasteiger partial charge in [-0.15, -0.1) is 13.2 Å². The fraction of sp³-hybridized carbons (Fsp3) is 0.286. The van der Waals surface area contributed by atoms with Gasteiger partial charge in [-0.1, -0.05) is 0 Å². The van der Waals surface area contributed by atoms with Crippen LogP contribution in [0.25, 0.3) is 0 Å². The van der Waals surface area contributed by atoms with E-state index < -0.39 is 38.7 Å². The number of alkyl halides is 3. The van der Waals surface area contributed by atoms with Gasteiger partial charge in [-0.05, 0) is 0 Å². The normalized spacial score (nSPS) is 12.3. The molecule has 0 spiro atoms. The smallest absolute Gasteiger partial charge is 0.503 e. The van der Waals surface area contributed by atoms with Gasteiger partial charge >= 0.3 is 6.36 Å². The molecular weight excluding hydrogens is 281 g/mol. The molecule has 0 aliphatic rings. The summed E-state index contributed by atoms with van der Waals surface area (Å²) < 4.78 is 66.3. The van der Waals surface area contributed by atoms with E-state index in [0.29, 0.717) is 6.20 Å². The molecule has 0 atom stereocenters. The molecule has 0 unspecified atom stereocenters. The molecule has 0 aliphatic heterocycles. The van der Waals surface area contributed by atoms with Crippen LogP contribution in [0.2, 0.25) is 0 Å². The van der Waals surface area contributed by atoms with Gasteiger partial charge in [0.1, 0.15) is 0 Å². The molecule has 0 fully saturated rings. The van der Waals surface area contributed by atoms with Crippen molar-refractivity contribution in [2.45, 2.75) is 11.3 Å². The number of nitrogens with zero attached hydrogens (tertiary/aromatic N) is 1. The summed E-state index contributed by atoms with van der Waals surface area (Å²) in [5.41, 5.74) is 0. The van der Waals surface area contributed by atoms with Crippen LogP contribution in [0.15, 0.2) is 11.1 Å². The Morgan fingerprint density at radius 2 is 2.00 bits per heavy atom. The van der Waals surface area contributed by atoms with Crippen molar-refractivity contribution in [3.05, 3.63) is 6.20 Å². The van der Waals surface area contributed by atoms with Gasteiger partial charge in [0.2, 0.25) is 15.9 Å². The number of ether oxygens (including phenoxy) is 2. The standard InChI is InChI=1S/C7H7F3N2O5S/c1-16-4-3(13)2-12-6(17-7(8,9)10)5(4)18(11,14)15/h2,13H,1H3,(H2,11,14,15). The lowest BCUT2D eigenvalue weighted by Crippen LogP contribution is -2.22. The third-order valence-electron chi connectivity index (χ3n) is 1.64. The van der Waals surface area contributed by atoms with Crippen molar-refractivity contribution in [2.75, 3.05) is 7.11 Å². The quantitative estimate of drug-likeness (QED) is 0.829. The maximum Gasteiger partial charge on any atom is 0.574 e. The minimum atomic E-state index is -5.17. The van der Waals surface area contributed by atoms with Crippen LogP contribution in [0.3, 0.4) is 0 Å². The Morgan fingerprint density at radius 3 is 2.39 bits per heavy atom. The van der Waals surface area contributed by atoms with E-state index in [-0.39, 0.29) is 0 Å². The van der Waals surface area contributed by atoms with Crippen molar-refractivity contribution in [1.82, 2.24) is 4.98 Å². The fourth-order valence-corrected chi connectivity index (χ4v) is 1.87. The van der Waals surface area contributed by atoms with Crippen LogP contribution >= 0.6 is 0 Å². The lowest BCUT2D eigenvalue weighted by atomic mass is 10.4. The maximum absolute atomic E-state index is 12.0. The Bertz CT molecular complexity index is 557. The number of pyridine rings is 1. The highest BCUT2D eigenvalue weighted by molar-refractivity contribution is 7.89. The summed E-state index contributed by atoms with van der Waals surface area (Å²) in [6.45, 7) is 0. The number of aromatic nitrogens is 1. The van der Waals surface area contributed by atoms with Crippen molar-refractivity contribution in [3.8, 4) is 17.4 Å². The molecule has 18 heavy (non-hydrogen) atoms. The number of nitrogens with two attached hydrogens (primary N) is 1. The first-order valence-electron chi connectivity index (χ1n) is 4.10. The molecule has 0 saturated carbocycles. The Kier molecular flexibility index (Phi) is 3.57. The van der Waals surface area contributed by atoms with Crippen molar-refractivity contribution in [1.29, 1.82) is 0 Å². The van der Waals surface area contributed by atoms with E-state index in [1.165, 1.54) is 0 Å². The number of halogens is 3. The molecule has 0 saturated heterocycles. The minimum absolute atomic E-state index is 0.536. The molecule has 11 heteroatoms. The number of primary sulfonamides is 1. The van der Waals surface area contributed by atoms with E-state index in [1.54, 1.807) is 0 Å². The van der Waals surface area contributed by atoms with Crippen LogP contribution in [0.1, 0.15) is 0 Å². The summed E-state index contributed by atoms with van der Waals surface area (Å²) >= 11 is 0. The van der Waals surface area contributed by atoms with Gasteiger partial charge < -0.3 is 14.6 Å². The highest BCUT2D eigenvalue weighted by atomic mass is 32.2. The van der Waals surface area contributed by atoms with Crippen molar-refractivity contribution in [2.24, 2.45) is 5.14 Å². The van der Waals surface area contributed by atoms with Gasteiger partial charge in [0.05, 0.1) is 13.3 Å². The molecule has 7 nitrogen and oxygen atoms in total. The molecule has 0 radical (unpaired) electrons. The molecule has 3 N–H and O–H groups in total. The second kappa shape index (κ2) is 4.49. The zero-order chi connectivity index (χ0) is 14.1. The largest absolute Gasteiger partial charge is 0.574 e. The molecule has 0 bridgehead atoms. The van der Waals surface area contributed by atoms with Crippen LogP contribution < -0.4 is 14.6 Å². The van der Waals surface area contributed by atoms with E-state index in [4.69, 9.17) is 5.14 Å². The highest BCUT2D eigenvalue weighted by Gasteiger charge is 2.36. The SMILES string of the molecule is COc1c(O)cnc(OC(F)(F)F)c1S(N)(=O)=O. The maximum atomic E-state index is 12.0. The first-order chi connectivity index (χ1) is 8.06. The molecule has 0 amide bonds. The van der Waals surface area contributed by atoms with E-state index >= 15 is 0 Å². The molecule has 1 rings (SSSR count). The summed E-state index contributed by atoms with van der Waals surface area (Å²) in [5, 5.41) is 13.9. The molecule has 0 aromatic carbocycles. The average Bonchev–Trinajstić information content (AvgIpc) is 2.16. The Hall–Kier alpha value is -1.75. The third-order valence-corrected chi connectivity index (χ3v) is 2.57. The monoisotopic (exact) mass is 288 g/mol. The fourth-order valence-electron chi connectivity index (χ4n) is 1.08. The second-order valence-corrected chi connectivity index (χ2v) is 4.40. The van der Waals surface area contributed by atoms with E-state index in [1.807, 2.05) is 0 Å². The summed E-state index contributed by atoms with van der Waals surface area (Å²) in [4.78, 5) is 1.81. The predicted molar refractivity (Wildman–Crippen MR) is 50.5 cm³/mol. The Balaban J connectivity index is 3.54. The van der Waals surface area contributed by atoms with Gasteiger partial charge in [0, 0.05) is 0 Å². The predicted octanol–water partition coefficient (Wildman–Crippen LogP) is 0.342. The minimum Gasteiger partial charge on any atom is -0.503 e. The summed E-state index contributed by atoms with van der Waals surface area (Å²) in [7, 11) is -3.71. The number of sulfonamides is 1. The summed E-state index contributed by atoms with van der Waals surface area (Å²) in [6.07, 6.45) is -4.64. The summed E-state index contributed by atoms with van der Waals surface area (Å²) in [5.74, 6) is -2.91. The number of methoxy groups -OCH3 is 1. The molecule has 1 heterocycles. The Labute approximate surface area is 99.0 Å². The molecular formula is C7H7F3N2O5S. The lowest BCUT2D eigenvalue weighted by molar-refractivity contribution is -0.277. The zero-order valence-corrected chi connectivity index (χ0v) is 9.54. The van der Waals surface area contributed by atoms with E-state index in [2.05, 4.69) is 14.5 Å². The number of hydrogen-bond donors (Lipinski definition) is 2. The molecule has 1 aromatic heterocycles. The van der Waals surface area contributed by atoms with Gasteiger partial charge in [-0.25, -0.2) is 18.5 Å². The lowest BCUT2D eigenvalue weighted by Gasteiger charge is -2.14. The van der Waals surface area contributed by atoms with Crippen LogP contribution in [0, 0.1) is 0 Å². The molecule has 1 aromatic rings. The average molecular weight is 288 g/mol. The number of hydrogen-bond acceptors (Lipinski definition) is 6.